The Morgan fingerprint density at radius 3 is 2.86 bits per heavy atom. The lowest BCUT2D eigenvalue weighted by Gasteiger charge is -2.10. The molecule has 2 heterocycles. The smallest absolute Gasteiger partial charge is 0.155 e. The summed E-state index contributed by atoms with van der Waals surface area (Å²) in [4.78, 5) is 4.27. The van der Waals surface area contributed by atoms with Gasteiger partial charge in [-0.05, 0) is 28.9 Å². The molecule has 0 aliphatic rings. The summed E-state index contributed by atoms with van der Waals surface area (Å²) in [5, 5.41) is 7.20. The van der Waals surface area contributed by atoms with Gasteiger partial charge in [-0.15, -0.1) is 0 Å². The molecule has 3 aromatic rings. The molecule has 4 nitrogen and oxygen atoms in total. The summed E-state index contributed by atoms with van der Waals surface area (Å²) >= 11 is 3.14. The van der Waals surface area contributed by atoms with Crippen LogP contribution in [0.3, 0.4) is 0 Å². The molecule has 0 fully saturated rings. The molecule has 21 heavy (non-hydrogen) atoms. The fourth-order valence-electron chi connectivity index (χ4n) is 2.03. The molecule has 0 bridgehead atoms. The highest BCUT2D eigenvalue weighted by Gasteiger charge is 2.09. The Labute approximate surface area is 127 Å². The number of hydrogen-bond donors (Lipinski definition) is 1. The van der Waals surface area contributed by atoms with Gasteiger partial charge in [-0.25, -0.2) is 18.3 Å². The van der Waals surface area contributed by atoms with Crippen LogP contribution >= 0.6 is 15.9 Å². The van der Waals surface area contributed by atoms with Crippen molar-refractivity contribution in [3.8, 4) is 0 Å². The predicted molar refractivity (Wildman–Crippen MR) is 79.1 cm³/mol. The van der Waals surface area contributed by atoms with E-state index < -0.39 is 11.6 Å². The molecule has 0 saturated heterocycles. The molecule has 0 radical (unpaired) electrons. The van der Waals surface area contributed by atoms with Crippen molar-refractivity contribution >= 4 is 27.3 Å². The highest BCUT2D eigenvalue weighted by Crippen LogP contribution is 2.27. The second kappa shape index (κ2) is 5.40. The van der Waals surface area contributed by atoms with E-state index in [1.165, 1.54) is 6.07 Å². The van der Waals surface area contributed by atoms with Gasteiger partial charge >= 0.3 is 0 Å². The standard InChI is InChI=1S/C14H11BrF2N4/c1-8-2-13-18-5-9(7-21(13)20-8)6-19-14-11(15)3-10(16)4-12(14)17/h2-5,7,19H,6H2,1H3. The summed E-state index contributed by atoms with van der Waals surface area (Å²) in [7, 11) is 0. The van der Waals surface area contributed by atoms with E-state index in [1.54, 1.807) is 10.7 Å². The monoisotopic (exact) mass is 352 g/mol. The van der Waals surface area contributed by atoms with Crippen molar-refractivity contribution in [2.75, 3.05) is 5.32 Å². The van der Waals surface area contributed by atoms with Crippen molar-refractivity contribution < 1.29 is 8.78 Å². The largest absolute Gasteiger partial charge is 0.378 e. The predicted octanol–water partition coefficient (Wildman–Crippen LogP) is 3.69. The lowest BCUT2D eigenvalue weighted by molar-refractivity contribution is 0.583. The van der Waals surface area contributed by atoms with Gasteiger partial charge in [0.2, 0.25) is 0 Å². The lowest BCUT2D eigenvalue weighted by Crippen LogP contribution is -2.05. The van der Waals surface area contributed by atoms with Crippen molar-refractivity contribution in [3.05, 3.63) is 58.0 Å². The molecule has 2 aromatic heterocycles. The maximum Gasteiger partial charge on any atom is 0.155 e. The quantitative estimate of drug-likeness (QED) is 0.781. The van der Waals surface area contributed by atoms with Gasteiger partial charge in [0.1, 0.15) is 11.6 Å². The van der Waals surface area contributed by atoms with Crippen LogP contribution in [0.25, 0.3) is 5.65 Å². The molecule has 1 aromatic carbocycles. The van der Waals surface area contributed by atoms with Crippen LogP contribution in [0.2, 0.25) is 0 Å². The van der Waals surface area contributed by atoms with E-state index in [1.807, 2.05) is 19.2 Å². The minimum Gasteiger partial charge on any atom is -0.378 e. The maximum absolute atomic E-state index is 13.7. The van der Waals surface area contributed by atoms with Crippen LogP contribution < -0.4 is 5.32 Å². The number of aryl methyl sites for hydroxylation is 1. The Bertz CT molecular complexity index is 793. The normalized spacial score (nSPS) is 11.0. The Kier molecular flexibility index (Phi) is 3.59. The number of aromatic nitrogens is 3. The Morgan fingerprint density at radius 2 is 2.10 bits per heavy atom. The molecule has 0 atom stereocenters. The second-order valence-corrected chi connectivity index (χ2v) is 5.50. The Balaban J connectivity index is 1.83. The van der Waals surface area contributed by atoms with Crippen LogP contribution in [0.15, 0.2) is 35.1 Å². The van der Waals surface area contributed by atoms with Gasteiger partial charge in [0, 0.05) is 41.1 Å². The third kappa shape index (κ3) is 2.87. The van der Waals surface area contributed by atoms with Crippen LogP contribution in [0.5, 0.6) is 0 Å². The average Bonchev–Trinajstić information content (AvgIpc) is 2.76. The summed E-state index contributed by atoms with van der Waals surface area (Å²) in [6, 6.07) is 3.92. The Morgan fingerprint density at radius 1 is 1.29 bits per heavy atom. The van der Waals surface area contributed by atoms with Crippen molar-refractivity contribution in [1.29, 1.82) is 0 Å². The van der Waals surface area contributed by atoms with Crippen molar-refractivity contribution in [2.45, 2.75) is 13.5 Å². The number of halogens is 3. The van der Waals surface area contributed by atoms with Crippen molar-refractivity contribution in [1.82, 2.24) is 14.6 Å². The first-order valence-corrected chi connectivity index (χ1v) is 7.01. The van der Waals surface area contributed by atoms with Gasteiger partial charge in [-0.2, -0.15) is 5.10 Å². The SMILES string of the molecule is Cc1cc2ncc(CNc3c(F)cc(F)cc3Br)cn2n1. The fourth-order valence-corrected chi connectivity index (χ4v) is 2.57. The molecule has 0 aliphatic heterocycles. The third-order valence-electron chi connectivity index (χ3n) is 2.97. The summed E-state index contributed by atoms with van der Waals surface area (Å²) in [5.41, 5.74) is 2.68. The van der Waals surface area contributed by atoms with Gasteiger partial charge < -0.3 is 5.32 Å². The molecule has 3 rings (SSSR count). The summed E-state index contributed by atoms with van der Waals surface area (Å²) < 4.78 is 28.7. The van der Waals surface area contributed by atoms with E-state index >= 15 is 0 Å². The zero-order valence-electron chi connectivity index (χ0n) is 11.1. The lowest BCUT2D eigenvalue weighted by atomic mass is 10.2. The first kappa shape index (κ1) is 13.9. The van der Waals surface area contributed by atoms with Gasteiger partial charge in [-0.1, -0.05) is 0 Å². The zero-order chi connectivity index (χ0) is 15.0. The molecule has 108 valence electrons. The number of nitrogens with one attached hydrogen (secondary N) is 1. The minimum atomic E-state index is -0.647. The minimum absolute atomic E-state index is 0.216. The molecule has 0 aliphatic carbocycles. The van der Waals surface area contributed by atoms with E-state index in [4.69, 9.17) is 0 Å². The highest BCUT2D eigenvalue weighted by molar-refractivity contribution is 9.10. The van der Waals surface area contributed by atoms with Crippen molar-refractivity contribution in [3.63, 3.8) is 0 Å². The van der Waals surface area contributed by atoms with Crippen LogP contribution in [0.1, 0.15) is 11.3 Å². The van der Waals surface area contributed by atoms with Crippen LogP contribution in [0, 0.1) is 18.6 Å². The fraction of sp³-hybridized carbons (Fsp3) is 0.143. The second-order valence-electron chi connectivity index (χ2n) is 4.65. The van der Waals surface area contributed by atoms with Crippen LogP contribution in [-0.4, -0.2) is 14.6 Å². The maximum atomic E-state index is 13.7. The molecule has 0 saturated carbocycles. The van der Waals surface area contributed by atoms with E-state index in [-0.39, 0.29) is 5.69 Å². The van der Waals surface area contributed by atoms with Crippen molar-refractivity contribution in [2.24, 2.45) is 0 Å². The van der Waals surface area contributed by atoms with Gasteiger partial charge in [0.15, 0.2) is 5.65 Å². The summed E-state index contributed by atoms with van der Waals surface area (Å²) in [6.45, 7) is 2.24. The summed E-state index contributed by atoms with van der Waals surface area (Å²) in [6.07, 6.45) is 3.51. The number of benzene rings is 1. The van der Waals surface area contributed by atoms with E-state index in [9.17, 15) is 8.78 Å². The van der Waals surface area contributed by atoms with Crippen LogP contribution in [-0.2, 0) is 6.54 Å². The third-order valence-corrected chi connectivity index (χ3v) is 3.59. The van der Waals surface area contributed by atoms with Gasteiger partial charge in [0.05, 0.1) is 11.4 Å². The zero-order valence-corrected chi connectivity index (χ0v) is 12.7. The van der Waals surface area contributed by atoms with E-state index in [0.717, 1.165) is 23.0 Å². The number of nitrogens with zero attached hydrogens (tertiary/aromatic N) is 3. The number of anilines is 1. The number of fused-ring (bicyclic) bond motifs is 1. The average molecular weight is 353 g/mol. The van der Waals surface area contributed by atoms with Crippen LogP contribution in [0.4, 0.5) is 14.5 Å². The topological polar surface area (TPSA) is 42.2 Å². The first-order chi connectivity index (χ1) is 10.0. The van der Waals surface area contributed by atoms with E-state index in [2.05, 4.69) is 31.3 Å². The molecular weight excluding hydrogens is 342 g/mol. The summed E-state index contributed by atoms with van der Waals surface area (Å²) in [5.74, 6) is -1.27. The first-order valence-electron chi connectivity index (χ1n) is 6.22. The molecule has 0 amide bonds. The molecule has 1 N–H and O–H groups in total. The molecular formula is C14H11BrF2N4. The number of rotatable bonds is 3. The number of hydrogen-bond acceptors (Lipinski definition) is 3. The Hall–Kier alpha value is -2.02. The molecule has 7 heteroatoms. The van der Waals surface area contributed by atoms with E-state index in [0.29, 0.717) is 11.0 Å². The van der Waals surface area contributed by atoms with Gasteiger partial charge in [0.25, 0.3) is 0 Å². The molecule has 0 spiro atoms. The van der Waals surface area contributed by atoms with Gasteiger partial charge in [-0.3, -0.25) is 0 Å². The highest BCUT2D eigenvalue weighted by atomic mass is 79.9. The molecule has 0 unspecified atom stereocenters.